The van der Waals surface area contributed by atoms with E-state index < -0.39 is 9.84 Å². The quantitative estimate of drug-likeness (QED) is 0.884. The van der Waals surface area contributed by atoms with Gasteiger partial charge < -0.3 is 10.2 Å². The summed E-state index contributed by atoms with van der Waals surface area (Å²) in [5.74, 6) is -0.538. The summed E-state index contributed by atoms with van der Waals surface area (Å²) in [6.07, 6.45) is 0.224. The van der Waals surface area contributed by atoms with Crippen LogP contribution in [0, 0.1) is 5.92 Å². The number of rotatable bonds is 5. The molecule has 0 aromatic heterocycles. The second kappa shape index (κ2) is 6.48. The van der Waals surface area contributed by atoms with Gasteiger partial charge in [-0.3, -0.25) is 9.59 Å². The number of benzene rings is 1. The Kier molecular flexibility index (Phi) is 4.85. The number of hydrogen-bond donors (Lipinski definition) is 1. The van der Waals surface area contributed by atoms with Crippen molar-refractivity contribution in [3.05, 3.63) is 24.3 Å². The average molecular weight is 324 g/mol. The molecule has 1 heterocycles. The number of nitrogens with one attached hydrogen (secondary N) is 1. The Balaban J connectivity index is 2.03. The van der Waals surface area contributed by atoms with Gasteiger partial charge in [0.2, 0.25) is 11.8 Å². The topological polar surface area (TPSA) is 83.6 Å². The first-order valence-electron chi connectivity index (χ1n) is 7.28. The first kappa shape index (κ1) is 16.5. The molecule has 1 atom stereocenters. The first-order valence-corrected chi connectivity index (χ1v) is 8.94. The van der Waals surface area contributed by atoms with Gasteiger partial charge in [0.15, 0.2) is 9.84 Å². The molecule has 6 nitrogen and oxygen atoms in total. The fourth-order valence-electron chi connectivity index (χ4n) is 2.41. The lowest BCUT2D eigenvalue weighted by molar-refractivity contribution is -0.128. The van der Waals surface area contributed by atoms with Crippen LogP contribution in [0.5, 0.6) is 0 Å². The maximum absolute atomic E-state index is 12.2. The maximum atomic E-state index is 12.2. The van der Waals surface area contributed by atoms with Crippen LogP contribution in [-0.4, -0.2) is 44.0 Å². The van der Waals surface area contributed by atoms with Gasteiger partial charge >= 0.3 is 0 Å². The van der Waals surface area contributed by atoms with Gasteiger partial charge in [-0.05, 0) is 31.2 Å². The van der Waals surface area contributed by atoms with Crippen molar-refractivity contribution in [2.45, 2.75) is 25.2 Å². The van der Waals surface area contributed by atoms with E-state index in [2.05, 4.69) is 5.32 Å². The highest BCUT2D eigenvalue weighted by Crippen LogP contribution is 2.20. The molecule has 1 N–H and O–H groups in total. The Hall–Kier alpha value is -1.89. The molecule has 2 amide bonds. The van der Waals surface area contributed by atoms with E-state index in [0.717, 1.165) is 0 Å². The smallest absolute Gasteiger partial charge is 0.229 e. The first-order chi connectivity index (χ1) is 10.4. The van der Waals surface area contributed by atoms with Crippen LogP contribution >= 0.6 is 0 Å². The van der Waals surface area contributed by atoms with Gasteiger partial charge in [-0.1, -0.05) is 6.92 Å². The largest absolute Gasteiger partial charge is 0.342 e. The molecule has 1 unspecified atom stereocenters. The molecular weight excluding hydrogens is 304 g/mol. The molecule has 0 radical (unpaired) electrons. The second-order valence-electron chi connectivity index (χ2n) is 5.25. The van der Waals surface area contributed by atoms with E-state index in [0.29, 0.717) is 18.8 Å². The monoisotopic (exact) mass is 324 g/mol. The van der Waals surface area contributed by atoms with Crippen molar-refractivity contribution in [2.24, 2.45) is 5.92 Å². The number of carbonyl (C=O) groups excluding carboxylic acids is 2. The van der Waals surface area contributed by atoms with Crippen LogP contribution in [0.1, 0.15) is 20.3 Å². The summed E-state index contributed by atoms with van der Waals surface area (Å²) in [7, 11) is -3.24. The Labute approximate surface area is 130 Å². The van der Waals surface area contributed by atoms with Gasteiger partial charge in [0.25, 0.3) is 0 Å². The molecule has 7 heteroatoms. The van der Waals surface area contributed by atoms with E-state index in [1.165, 1.54) is 12.1 Å². The van der Waals surface area contributed by atoms with E-state index in [1.807, 2.05) is 6.92 Å². The summed E-state index contributed by atoms with van der Waals surface area (Å²) in [5.41, 5.74) is 0.530. The van der Waals surface area contributed by atoms with Gasteiger partial charge in [-0.25, -0.2) is 8.42 Å². The van der Waals surface area contributed by atoms with E-state index in [9.17, 15) is 18.0 Å². The van der Waals surface area contributed by atoms with Gasteiger partial charge in [0, 0.05) is 25.2 Å². The van der Waals surface area contributed by atoms with E-state index in [-0.39, 0.29) is 34.8 Å². The molecule has 1 aliphatic rings. The van der Waals surface area contributed by atoms with Crippen LogP contribution in [0.25, 0.3) is 0 Å². The predicted octanol–water partition coefficient (Wildman–Crippen LogP) is 1.29. The van der Waals surface area contributed by atoms with Crippen LogP contribution in [0.15, 0.2) is 29.2 Å². The van der Waals surface area contributed by atoms with Crippen molar-refractivity contribution >= 4 is 27.3 Å². The molecule has 22 heavy (non-hydrogen) atoms. The zero-order valence-corrected chi connectivity index (χ0v) is 13.5. The number of likely N-dealkylation sites (tertiary alicyclic amines) is 1. The van der Waals surface area contributed by atoms with E-state index >= 15 is 0 Å². The highest BCUT2D eigenvalue weighted by atomic mass is 32.2. The Morgan fingerprint density at radius 2 is 1.91 bits per heavy atom. The third kappa shape index (κ3) is 3.47. The molecular formula is C15H20N2O4S. The zero-order chi connectivity index (χ0) is 16.3. The van der Waals surface area contributed by atoms with Crippen LogP contribution in [-0.2, 0) is 19.4 Å². The summed E-state index contributed by atoms with van der Waals surface area (Å²) in [6.45, 7) is 4.50. The van der Waals surface area contributed by atoms with Crippen LogP contribution in [0.2, 0.25) is 0 Å². The predicted molar refractivity (Wildman–Crippen MR) is 83.2 cm³/mol. The molecule has 1 fully saturated rings. The minimum Gasteiger partial charge on any atom is -0.342 e. The average Bonchev–Trinajstić information content (AvgIpc) is 2.89. The van der Waals surface area contributed by atoms with Gasteiger partial charge in [-0.15, -0.1) is 0 Å². The summed E-state index contributed by atoms with van der Waals surface area (Å²) in [6, 6.07) is 6.09. The van der Waals surface area contributed by atoms with Crippen molar-refractivity contribution in [1.29, 1.82) is 0 Å². The lowest BCUT2D eigenvalue weighted by Crippen LogP contribution is -2.28. The fraction of sp³-hybridized carbons (Fsp3) is 0.467. The number of amides is 2. The highest BCUT2D eigenvalue weighted by molar-refractivity contribution is 7.91. The summed E-state index contributed by atoms with van der Waals surface area (Å²) >= 11 is 0. The zero-order valence-electron chi connectivity index (χ0n) is 12.7. The van der Waals surface area contributed by atoms with Crippen molar-refractivity contribution in [2.75, 3.05) is 24.2 Å². The minimum absolute atomic E-state index is 0.00737. The molecule has 0 bridgehead atoms. The van der Waals surface area contributed by atoms with Crippen molar-refractivity contribution in [1.82, 2.24) is 4.90 Å². The molecule has 1 aromatic rings. The standard InChI is InChI=1S/C15H20N2O4S/c1-3-17-10-11(9-14(17)18)15(19)16-12-5-7-13(8-6-12)22(20,21)4-2/h5-8,11H,3-4,9-10H2,1-2H3,(H,16,19). The van der Waals surface area contributed by atoms with E-state index in [4.69, 9.17) is 0 Å². The van der Waals surface area contributed by atoms with Crippen LogP contribution in [0.4, 0.5) is 5.69 Å². The number of carbonyl (C=O) groups is 2. The number of hydrogen-bond acceptors (Lipinski definition) is 4. The van der Waals surface area contributed by atoms with Gasteiger partial charge in [0.05, 0.1) is 16.6 Å². The third-order valence-corrected chi connectivity index (χ3v) is 5.58. The molecule has 120 valence electrons. The molecule has 2 rings (SSSR count). The second-order valence-corrected chi connectivity index (χ2v) is 7.53. The van der Waals surface area contributed by atoms with Crippen LogP contribution < -0.4 is 5.32 Å². The minimum atomic E-state index is -3.24. The fourth-order valence-corrected chi connectivity index (χ4v) is 3.29. The summed E-state index contributed by atoms with van der Waals surface area (Å²) in [4.78, 5) is 25.7. The van der Waals surface area contributed by atoms with Crippen molar-refractivity contribution in [3.63, 3.8) is 0 Å². The lowest BCUT2D eigenvalue weighted by Gasteiger charge is -2.13. The van der Waals surface area contributed by atoms with Crippen molar-refractivity contribution in [3.8, 4) is 0 Å². The molecule has 1 aliphatic heterocycles. The normalized spacial score (nSPS) is 18.5. The van der Waals surface area contributed by atoms with E-state index in [1.54, 1.807) is 24.0 Å². The molecule has 0 saturated carbocycles. The Morgan fingerprint density at radius 3 is 2.41 bits per heavy atom. The SMILES string of the molecule is CCN1CC(C(=O)Nc2ccc(S(=O)(=O)CC)cc2)CC1=O. The summed E-state index contributed by atoms with van der Waals surface area (Å²) in [5, 5.41) is 2.73. The Morgan fingerprint density at radius 1 is 1.27 bits per heavy atom. The van der Waals surface area contributed by atoms with Crippen molar-refractivity contribution < 1.29 is 18.0 Å². The molecule has 0 spiro atoms. The molecule has 0 aliphatic carbocycles. The highest BCUT2D eigenvalue weighted by Gasteiger charge is 2.33. The Bertz CT molecular complexity index is 667. The van der Waals surface area contributed by atoms with Crippen LogP contribution in [0.3, 0.4) is 0 Å². The lowest BCUT2D eigenvalue weighted by atomic mass is 10.1. The number of sulfone groups is 1. The molecule has 1 aromatic carbocycles. The number of anilines is 1. The van der Waals surface area contributed by atoms with Gasteiger partial charge in [0.1, 0.15) is 0 Å². The van der Waals surface area contributed by atoms with Gasteiger partial charge in [-0.2, -0.15) is 0 Å². The molecule has 1 saturated heterocycles. The number of nitrogens with zero attached hydrogens (tertiary/aromatic N) is 1. The third-order valence-electron chi connectivity index (χ3n) is 3.83. The maximum Gasteiger partial charge on any atom is 0.229 e. The summed E-state index contributed by atoms with van der Waals surface area (Å²) < 4.78 is 23.4.